The van der Waals surface area contributed by atoms with E-state index >= 15 is 0 Å². The molecule has 3 atom stereocenters. The lowest BCUT2D eigenvalue weighted by Gasteiger charge is -2.35. The van der Waals surface area contributed by atoms with E-state index in [1.54, 1.807) is 13.8 Å². The molecule has 13 heteroatoms. The Morgan fingerprint density at radius 3 is 2.55 bits per heavy atom. The van der Waals surface area contributed by atoms with E-state index in [0.717, 1.165) is 0 Å². The van der Waals surface area contributed by atoms with Gasteiger partial charge in [0.15, 0.2) is 9.84 Å². The van der Waals surface area contributed by atoms with Crippen LogP contribution in [0.25, 0.3) is 0 Å². The molecule has 1 aliphatic heterocycles. The van der Waals surface area contributed by atoms with E-state index in [1.807, 2.05) is 0 Å². The van der Waals surface area contributed by atoms with Gasteiger partial charge in [-0.3, -0.25) is 4.79 Å². The molecule has 0 saturated heterocycles. The van der Waals surface area contributed by atoms with Gasteiger partial charge in [0.2, 0.25) is 10.0 Å². The van der Waals surface area contributed by atoms with Crippen LogP contribution in [0.4, 0.5) is 4.79 Å². The topological polar surface area (TPSA) is 150 Å². The van der Waals surface area contributed by atoms with Crippen LogP contribution < -0.4 is 5.14 Å². The SMILES string of the molecule is CCN(C(=O)O[C@H](C)COC(C)=O)[C@H]1C[C@H](C)S(=O)(=O)c2sc(S(N)(=O)=O)cc21. The summed E-state index contributed by atoms with van der Waals surface area (Å²) in [6.07, 6.45) is -1.36. The van der Waals surface area contributed by atoms with E-state index in [0.29, 0.717) is 11.3 Å². The molecule has 2 heterocycles. The number of sulfonamides is 1. The molecule has 164 valence electrons. The highest BCUT2D eigenvalue weighted by Gasteiger charge is 2.43. The van der Waals surface area contributed by atoms with Crippen LogP contribution in [0.3, 0.4) is 0 Å². The van der Waals surface area contributed by atoms with Crippen LogP contribution in [0.1, 0.15) is 45.7 Å². The van der Waals surface area contributed by atoms with Gasteiger partial charge >= 0.3 is 12.1 Å². The number of hydrogen-bond donors (Lipinski definition) is 1. The molecular weight excluding hydrogens is 444 g/mol. The van der Waals surface area contributed by atoms with Gasteiger partial charge in [-0.15, -0.1) is 11.3 Å². The fraction of sp³-hybridized carbons (Fsp3) is 0.625. The fourth-order valence-electron chi connectivity index (χ4n) is 2.99. The molecule has 0 bridgehead atoms. The molecule has 0 radical (unpaired) electrons. The smallest absolute Gasteiger partial charge is 0.410 e. The minimum atomic E-state index is -4.10. The van der Waals surface area contributed by atoms with Crippen LogP contribution in [0.15, 0.2) is 14.5 Å². The number of primary sulfonamides is 1. The summed E-state index contributed by atoms with van der Waals surface area (Å²) >= 11 is 0.584. The summed E-state index contributed by atoms with van der Waals surface area (Å²) < 4.78 is 58.6. The Balaban J connectivity index is 2.38. The number of carbonyl (C=O) groups is 2. The Morgan fingerprint density at radius 1 is 1.41 bits per heavy atom. The molecule has 0 aliphatic carbocycles. The number of carbonyl (C=O) groups excluding carboxylic acids is 2. The Labute approximate surface area is 173 Å². The molecular formula is C16H24N2O8S3. The summed E-state index contributed by atoms with van der Waals surface area (Å²) in [4.78, 5) is 24.9. The van der Waals surface area contributed by atoms with Crippen molar-refractivity contribution in [3.05, 3.63) is 11.6 Å². The second-order valence-electron chi connectivity index (χ2n) is 6.74. The minimum absolute atomic E-state index is 0.0807. The van der Waals surface area contributed by atoms with Gasteiger partial charge in [0.05, 0.1) is 11.3 Å². The van der Waals surface area contributed by atoms with E-state index in [2.05, 4.69) is 0 Å². The summed E-state index contributed by atoms with van der Waals surface area (Å²) in [6.45, 7) is 6.06. The largest absolute Gasteiger partial charge is 0.462 e. The summed E-state index contributed by atoms with van der Waals surface area (Å²) in [6, 6.07) is 0.510. The van der Waals surface area contributed by atoms with Crippen molar-refractivity contribution in [1.29, 1.82) is 0 Å². The number of ether oxygens (including phenoxy) is 2. The van der Waals surface area contributed by atoms with Crippen molar-refractivity contribution in [2.45, 2.75) is 59.9 Å². The lowest BCUT2D eigenvalue weighted by Crippen LogP contribution is -2.41. The molecule has 2 rings (SSSR count). The molecule has 0 fully saturated rings. The highest BCUT2D eigenvalue weighted by molar-refractivity contribution is 7.95. The third-order valence-corrected chi connectivity index (χ3v) is 9.78. The van der Waals surface area contributed by atoms with Crippen molar-refractivity contribution >= 4 is 43.3 Å². The minimum Gasteiger partial charge on any atom is -0.462 e. The standard InChI is InChI=1S/C16H24N2O8S3/c1-5-18(16(20)26-9(2)8-25-11(4)19)13-6-10(3)28(21,22)15-12(13)7-14(27-15)29(17,23)24/h7,9-10,13H,5-6,8H2,1-4H3,(H2,17,23,24)/t9-,10+,13+/m1/s1. The molecule has 0 spiro atoms. The second-order valence-corrected chi connectivity index (χ2v) is 12.1. The summed E-state index contributed by atoms with van der Waals surface area (Å²) in [5.74, 6) is -0.509. The van der Waals surface area contributed by atoms with Gasteiger partial charge in [0.1, 0.15) is 21.1 Å². The first-order chi connectivity index (χ1) is 13.3. The van der Waals surface area contributed by atoms with Crippen LogP contribution >= 0.6 is 11.3 Å². The maximum absolute atomic E-state index is 12.7. The third-order valence-electron chi connectivity index (χ3n) is 4.46. The maximum atomic E-state index is 12.7. The van der Waals surface area contributed by atoms with Crippen LogP contribution in [0, 0.1) is 0 Å². The number of nitrogens with two attached hydrogens (primary N) is 1. The molecule has 1 aromatic heterocycles. The van der Waals surface area contributed by atoms with Gasteiger partial charge in [0.25, 0.3) is 0 Å². The molecule has 29 heavy (non-hydrogen) atoms. The highest BCUT2D eigenvalue weighted by Crippen LogP contribution is 2.45. The predicted octanol–water partition coefficient (Wildman–Crippen LogP) is 1.41. The van der Waals surface area contributed by atoms with Gasteiger partial charge < -0.3 is 14.4 Å². The van der Waals surface area contributed by atoms with Crippen molar-refractivity contribution in [2.24, 2.45) is 5.14 Å². The summed E-state index contributed by atoms with van der Waals surface area (Å²) in [5, 5.41) is 4.34. The van der Waals surface area contributed by atoms with E-state index in [1.165, 1.54) is 24.8 Å². The lowest BCUT2D eigenvalue weighted by atomic mass is 10.0. The zero-order valence-electron chi connectivity index (χ0n) is 16.4. The van der Waals surface area contributed by atoms with Crippen LogP contribution in [-0.2, 0) is 34.1 Å². The maximum Gasteiger partial charge on any atom is 0.410 e. The van der Waals surface area contributed by atoms with Gasteiger partial charge in [-0.25, -0.2) is 26.8 Å². The lowest BCUT2D eigenvalue weighted by molar-refractivity contribution is -0.143. The van der Waals surface area contributed by atoms with Crippen LogP contribution in [0.5, 0.6) is 0 Å². The number of nitrogens with zero attached hydrogens (tertiary/aromatic N) is 1. The summed E-state index contributed by atoms with van der Waals surface area (Å²) in [7, 11) is -7.84. The monoisotopic (exact) mass is 468 g/mol. The van der Waals surface area contributed by atoms with Gasteiger partial charge in [0, 0.05) is 19.0 Å². The molecule has 0 saturated carbocycles. The van der Waals surface area contributed by atoms with E-state index in [4.69, 9.17) is 14.6 Å². The van der Waals surface area contributed by atoms with Crippen molar-refractivity contribution in [3.63, 3.8) is 0 Å². The Kier molecular flexibility index (Phi) is 6.97. The van der Waals surface area contributed by atoms with Gasteiger partial charge in [-0.1, -0.05) is 0 Å². The van der Waals surface area contributed by atoms with Crippen LogP contribution in [-0.4, -0.2) is 58.3 Å². The summed E-state index contributed by atoms with van der Waals surface area (Å²) in [5.41, 5.74) is 0.212. The molecule has 0 unspecified atom stereocenters. The predicted molar refractivity (Wildman–Crippen MR) is 105 cm³/mol. The van der Waals surface area contributed by atoms with Crippen molar-refractivity contribution in [1.82, 2.24) is 4.90 Å². The average Bonchev–Trinajstić information content (AvgIpc) is 3.05. The van der Waals surface area contributed by atoms with Gasteiger partial charge in [-0.05, 0) is 33.3 Å². The number of sulfone groups is 1. The third kappa shape index (κ3) is 5.08. The molecule has 1 aromatic rings. The second kappa shape index (κ2) is 8.58. The molecule has 10 nitrogen and oxygen atoms in total. The first-order valence-electron chi connectivity index (χ1n) is 8.80. The Hall–Kier alpha value is -1.70. The van der Waals surface area contributed by atoms with Crippen LogP contribution in [0.2, 0.25) is 0 Å². The Morgan fingerprint density at radius 2 is 2.03 bits per heavy atom. The molecule has 2 N–H and O–H groups in total. The number of esters is 1. The highest BCUT2D eigenvalue weighted by atomic mass is 32.3. The molecule has 1 aliphatic rings. The average molecular weight is 469 g/mol. The zero-order valence-corrected chi connectivity index (χ0v) is 18.9. The van der Waals surface area contributed by atoms with Crippen molar-refractivity contribution < 1.29 is 35.9 Å². The van der Waals surface area contributed by atoms with E-state index < -0.39 is 49.3 Å². The number of hydrogen-bond acceptors (Lipinski definition) is 9. The van der Waals surface area contributed by atoms with E-state index in [9.17, 15) is 26.4 Å². The number of thiophene rings is 1. The number of rotatable bonds is 6. The number of fused-ring (bicyclic) bond motifs is 1. The molecule has 0 aromatic carbocycles. The van der Waals surface area contributed by atoms with Crippen molar-refractivity contribution in [2.75, 3.05) is 13.2 Å². The quantitative estimate of drug-likeness (QED) is 0.616. The molecule has 1 amide bonds. The van der Waals surface area contributed by atoms with Crippen molar-refractivity contribution in [3.8, 4) is 0 Å². The fourth-order valence-corrected chi connectivity index (χ4v) is 7.39. The Bertz CT molecular complexity index is 999. The number of amides is 1. The zero-order chi connectivity index (χ0) is 22.1. The van der Waals surface area contributed by atoms with Gasteiger partial charge in [-0.2, -0.15) is 0 Å². The normalized spacial score (nSPS) is 21.7. The first-order valence-corrected chi connectivity index (χ1v) is 12.7. The van der Waals surface area contributed by atoms with E-state index in [-0.39, 0.29) is 33.6 Å². The first kappa shape index (κ1) is 23.6.